The number of nitrogens with one attached hydrogen (secondary N) is 1. The molecule has 0 aliphatic rings. The van der Waals surface area contributed by atoms with Crippen molar-refractivity contribution in [1.29, 1.82) is 0 Å². The molecule has 0 spiro atoms. The molecule has 2 aromatic heterocycles. The van der Waals surface area contributed by atoms with Gasteiger partial charge < -0.3 is 9.72 Å². The Morgan fingerprint density at radius 1 is 1.08 bits per heavy atom. The smallest absolute Gasteiger partial charge is 0.349 e. The Hall–Kier alpha value is -2.92. The molecule has 1 atom stereocenters. The Balaban J connectivity index is 1.58. The van der Waals surface area contributed by atoms with Crippen molar-refractivity contribution >= 4 is 44.1 Å². The summed E-state index contributed by atoms with van der Waals surface area (Å²) < 4.78 is 6.48. The number of rotatable bonds is 4. The standard InChI is InChI=1S/C21H17NO3S/c1-12-19(15-8-4-5-9-16(15)22-12)20(23)13(2)25-21(24)18-11-14-7-3-6-10-17(14)26-18/h3-11,13,22H,1-2H3/t13-/m0/s1. The Labute approximate surface area is 154 Å². The van der Waals surface area contributed by atoms with E-state index in [2.05, 4.69) is 4.98 Å². The molecular formula is C21H17NO3S. The second kappa shape index (κ2) is 6.42. The minimum Gasteiger partial charge on any atom is -0.450 e. The topological polar surface area (TPSA) is 59.2 Å². The number of aromatic amines is 1. The second-order valence-corrected chi connectivity index (χ2v) is 7.31. The number of para-hydroxylation sites is 1. The SMILES string of the molecule is Cc1[nH]c2ccccc2c1C(=O)[C@H](C)OC(=O)c1cc2ccccc2s1. The van der Waals surface area contributed by atoms with Gasteiger partial charge in [-0.15, -0.1) is 11.3 Å². The molecule has 4 rings (SSSR count). The van der Waals surface area contributed by atoms with Crippen LogP contribution in [0.5, 0.6) is 0 Å². The van der Waals surface area contributed by atoms with Crippen LogP contribution in [0.3, 0.4) is 0 Å². The van der Waals surface area contributed by atoms with Crippen molar-refractivity contribution in [3.63, 3.8) is 0 Å². The predicted octanol–water partition coefficient (Wildman–Crippen LogP) is 5.12. The number of esters is 1. The van der Waals surface area contributed by atoms with Crippen molar-refractivity contribution in [3.05, 3.63) is 70.7 Å². The van der Waals surface area contributed by atoms with E-state index in [1.165, 1.54) is 11.3 Å². The minimum absolute atomic E-state index is 0.200. The van der Waals surface area contributed by atoms with Gasteiger partial charge in [0, 0.05) is 26.9 Å². The number of carbonyl (C=O) groups is 2. The molecule has 0 fully saturated rings. The molecule has 0 aliphatic carbocycles. The van der Waals surface area contributed by atoms with E-state index < -0.39 is 12.1 Å². The van der Waals surface area contributed by atoms with Crippen LogP contribution in [-0.2, 0) is 4.74 Å². The zero-order valence-corrected chi connectivity index (χ0v) is 15.2. The van der Waals surface area contributed by atoms with Crippen LogP contribution < -0.4 is 0 Å². The maximum atomic E-state index is 12.9. The van der Waals surface area contributed by atoms with Crippen LogP contribution in [0.25, 0.3) is 21.0 Å². The lowest BCUT2D eigenvalue weighted by Gasteiger charge is -2.11. The number of Topliss-reactive ketones (excluding diaryl/α,β-unsaturated/α-hetero) is 1. The maximum absolute atomic E-state index is 12.9. The largest absolute Gasteiger partial charge is 0.450 e. The van der Waals surface area contributed by atoms with Crippen LogP contribution in [0.1, 0.15) is 32.6 Å². The highest BCUT2D eigenvalue weighted by Crippen LogP contribution is 2.27. The molecule has 130 valence electrons. The molecule has 0 bridgehead atoms. The zero-order chi connectivity index (χ0) is 18.3. The highest BCUT2D eigenvalue weighted by atomic mass is 32.1. The first-order valence-corrected chi connectivity index (χ1v) is 9.17. The van der Waals surface area contributed by atoms with E-state index in [1.54, 1.807) is 13.0 Å². The maximum Gasteiger partial charge on any atom is 0.349 e. The summed E-state index contributed by atoms with van der Waals surface area (Å²) in [6.45, 7) is 3.47. The van der Waals surface area contributed by atoms with Gasteiger partial charge in [0.15, 0.2) is 6.10 Å². The van der Waals surface area contributed by atoms with E-state index in [4.69, 9.17) is 4.74 Å². The zero-order valence-electron chi connectivity index (χ0n) is 14.4. The fourth-order valence-corrected chi connectivity index (χ4v) is 4.10. The van der Waals surface area contributed by atoms with Gasteiger partial charge in [0.1, 0.15) is 4.88 Å². The fourth-order valence-electron chi connectivity index (χ4n) is 3.15. The van der Waals surface area contributed by atoms with Gasteiger partial charge in [0.2, 0.25) is 5.78 Å². The van der Waals surface area contributed by atoms with Crippen molar-refractivity contribution in [2.75, 3.05) is 0 Å². The van der Waals surface area contributed by atoms with Gasteiger partial charge in [-0.05, 0) is 37.4 Å². The Bertz CT molecular complexity index is 1110. The monoisotopic (exact) mass is 363 g/mol. The van der Waals surface area contributed by atoms with Gasteiger partial charge in [-0.2, -0.15) is 0 Å². The first-order chi connectivity index (χ1) is 12.5. The third kappa shape index (κ3) is 2.80. The number of fused-ring (bicyclic) bond motifs is 2. The minimum atomic E-state index is -0.856. The summed E-state index contributed by atoms with van der Waals surface area (Å²) in [5, 5.41) is 1.84. The number of H-pyrrole nitrogens is 1. The van der Waals surface area contributed by atoms with E-state index in [0.717, 1.165) is 26.7 Å². The number of hydrogen-bond donors (Lipinski definition) is 1. The van der Waals surface area contributed by atoms with Crippen LogP contribution in [-0.4, -0.2) is 22.8 Å². The third-order valence-corrected chi connectivity index (χ3v) is 5.52. The molecule has 4 nitrogen and oxygen atoms in total. The number of ketones is 1. The number of ether oxygens (including phenoxy) is 1. The van der Waals surface area contributed by atoms with Crippen molar-refractivity contribution in [3.8, 4) is 0 Å². The summed E-state index contributed by atoms with van der Waals surface area (Å²) in [6.07, 6.45) is -0.856. The first kappa shape index (κ1) is 16.5. The van der Waals surface area contributed by atoms with Crippen LogP contribution in [0.2, 0.25) is 0 Å². The van der Waals surface area contributed by atoms with E-state index in [9.17, 15) is 9.59 Å². The lowest BCUT2D eigenvalue weighted by Crippen LogP contribution is -2.24. The number of benzene rings is 2. The van der Waals surface area contributed by atoms with Gasteiger partial charge in [-0.1, -0.05) is 36.4 Å². The van der Waals surface area contributed by atoms with Crippen LogP contribution >= 0.6 is 11.3 Å². The van der Waals surface area contributed by atoms with Crippen molar-refractivity contribution in [1.82, 2.24) is 4.98 Å². The highest BCUT2D eigenvalue weighted by molar-refractivity contribution is 7.20. The number of aromatic nitrogens is 1. The average molecular weight is 363 g/mol. The molecule has 1 N–H and O–H groups in total. The molecule has 0 unspecified atom stereocenters. The molecule has 2 heterocycles. The summed E-state index contributed by atoms with van der Waals surface area (Å²) in [4.78, 5) is 29.1. The van der Waals surface area contributed by atoms with Gasteiger partial charge >= 0.3 is 5.97 Å². The molecule has 0 saturated carbocycles. The summed E-state index contributed by atoms with van der Waals surface area (Å²) in [5.74, 6) is -0.668. The fraction of sp³-hybridized carbons (Fsp3) is 0.143. The van der Waals surface area contributed by atoms with Crippen LogP contribution in [0.15, 0.2) is 54.6 Å². The molecule has 4 aromatic rings. The number of aryl methyl sites for hydroxylation is 1. The Morgan fingerprint density at radius 2 is 1.81 bits per heavy atom. The molecule has 0 saturated heterocycles. The van der Waals surface area contributed by atoms with Crippen LogP contribution in [0.4, 0.5) is 0 Å². The third-order valence-electron chi connectivity index (χ3n) is 4.42. The lowest BCUT2D eigenvalue weighted by molar-refractivity contribution is 0.0324. The van der Waals surface area contributed by atoms with Gasteiger partial charge in [-0.25, -0.2) is 4.79 Å². The molecule has 26 heavy (non-hydrogen) atoms. The lowest BCUT2D eigenvalue weighted by atomic mass is 10.0. The van der Waals surface area contributed by atoms with E-state index in [-0.39, 0.29) is 5.78 Å². The summed E-state index contributed by atoms with van der Waals surface area (Å²) in [5.41, 5.74) is 2.26. The second-order valence-electron chi connectivity index (χ2n) is 6.23. The Morgan fingerprint density at radius 3 is 2.62 bits per heavy atom. The summed E-state index contributed by atoms with van der Waals surface area (Å²) in [6, 6.07) is 17.2. The molecule has 5 heteroatoms. The average Bonchev–Trinajstić information content (AvgIpc) is 3.21. The molecule has 0 radical (unpaired) electrons. The van der Waals surface area contributed by atoms with Crippen LogP contribution in [0, 0.1) is 6.92 Å². The summed E-state index contributed by atoms with van der Waals surface area (Å²) in [7, 11) is 0. The van der Waals surface area contributed by atoms with E-state index in [0.29, 0.717) is 10.4 Å². The van der Waals surface area contributed by atoms with Crippen molar-refractivity contribution in [2.24, 2.45) is 0 Å². The number of thiophene rings is 1. The Kier molecular flexibility index (Phi) is 4.09. The quantitative estimate of drug-likeness (QED) is 0.404. The van der Waals surface area contributed by atoms with Gasteiger partial charge in [-0.3, -0.25) is 4.79 Å². The van der Waals surface area contributed by atoms with Gasteiger partial charge in [0.25, 0.3) is 0 Å². The number of carbonyl (C=O) groups excluding carboxylic acids is 2. The van der Waals surface area contributed by atoms with Crippen molar-refractivity contribution in [2.45, 2.75) is 20.0 Å². The highest BCUT2D eigenvalue weighted by Gasteiger charge is 2.25. The molecule has 0 amide bonds. The first-order valence-electron chi connectivity index (χ1n) is 8.35. The molecule has 2 aromatic carbocycles. The van der Waals surface area contributed by atoms with Crippen molar-refractivity contribution < 1.29 is 14.3 Å². The van der Waals surface area contributed by atoms with E-state index in [1.807, 2.05) is 55.5 Å². The normalized spacial score (nSPS) is 12.4. The number of hydrogen-bond acceptors (Lipinski definition) is 4. The molecular weight excluding hydrogens is 346 g/mol. The predicted molar refractivity (Wildman–Crippen MR) is 104 cm³/mol. The summed E-state index contributed by atoms with van der Waals surface area (Å²) >= 11 is 1.37. The van der Waals surface area contributed by atoms with Gasteiger partial charge in [0.05, 0.1) is 0 Å². The van der Waals surface area contributed by atoms with E-state index >= 15 is 0 Å². The molecule has 0 aliphatic heterocycles.